The van der Waals surface area contributed by atoms with E-state index in [1.165, 1.54) is 22.3 Å². The van der Waals surface area contributed by atoms with Gasteiger partial charge in [0.25, 0.3) is 0 Å². The largest absolute Gasteiger partial charge is 0.316 e. The number of nitrogens with one attached hydrogen (secondary N) is 1. The predicted molar refractivity (Wildman–Crippen MR) is 85.7 cm³/mol. The standard InChI is InChI=1S/C19H20FN/c1-14-2-4-15(5-3-14)19(17-10-12-21-13-11-17)16-6-8-18(20)9-7-16/h2-9,21H,10-13H2,1H3. The summed E-state index contributed by atoms with van der Waals surface area (Å²) in [4.78, 5) is 0. The summed E-state index contributed by atoms with van der Waals surface area (Å²) in [5, 5.41) is 3.40. The van der Waals surface area contributed by atoms with E-state index < -0.39 is 0 Å². The topological polar surface area (TPSA) is 12.0 Å². The fourth-order valence-electron chi connectivity index (χ4n) is 2.89. The van der Waals surface area contributed by atoms with Crippen LogP contribution in [0.25, 0.3) is 5.57 Å². The van der Waals surface area contributed by atoms with E-state index in [0.717, 1.165) is 31.5 Å². The fourth-order valence-corrected chi connectivity index (χ4v) is 2.89. The van der Waals surface area contributed by atoms with Gasteiger partial charge < -0.3 is 5.32 Å². The smallest absolute Gasteiger partial charge is 0.123 e. The zero-order valence-corrected chi connectivity index (χ0v) is 12.3. The average molecular weight is 281 g/mol. The molecule has 0 amide bonds. The summed E-state index contributed by atoms with van der Waals surface area (Å²) in [5.74, 6) is -0.183. The van der Waals surface area contributed by atoms with Crippen molar-refractivity contribution in [1.29, 1.82) is 0 Å². The minimum absolute atomic E-state index is 0.183. The van der Waals surface area contributed by atoms with Gasteiger partial charge in [0.15, 0.2) is 0 Å². The van der Waals surface area contributed by atoms with Crippen molar-refractivity contribution in [3.63, 3.8) is 0 Å². The molecule has 0 spiro atoms. The van der Waals surface area contributed by atoms with Gasteiger partial charge in [0.1, 0.15) is 5.82 Å². The monoisotopic (exact) mass is 281 g/mol. The van der Waals surface area contributed by atoms with Gasteiger partial charge in [-0.3, -0.25) is 0 Å². The molecule has 1 aliphatic rings. The molecule has 21 heavy (non-hydrogen) atoms. The number of halogens is 1. The highest BCUT2D eigenvalue weighted by atomic mass is 19.1. The van der Waals surface area contributed by atoms with Crippen molar-refractivity contribution < 1.29 is 4.39 Å². The van der Waals surface area contributed by atoms with Crippen molar-refractivity contribution in [2.24, 2.45) is 0 Å². The van der Waals surface area contributed by atoms with Crippen molar-refractivity contribution in [2.75, 3.05) is 13.1 Å². The van der Waals surface area contributed by atoms with Crippen molar-refractivity contribution in [3.8, 4) is 0 Å². The number of rotatable bonds is 2. The molecule has 3 rings (SSSR count). The number of hydrogen-bond acceptors (Lipinski definition) is 1. The molecule has 0 radical (unpaired) electrons. The van der Waals surface area contributed by atoms with Gasteiger partial charge in [0.2, 0.25) is 0 Å². The number of benzene rings is 2. The summed E-state index contributed by atoms with van der Waals surface area (Å²) in [6.45, 7) is 4.14. The van der Waals surface area contributed by atoms with E-state index in [2.05, 4.69) is 36.5 Å². The molecular formula is C19H20FN. The van der Waals surface area contributed by atoms with Crippen LogP contribution in [0.15, 0.2) is 54.1 Å². The first kappa shape index (κ1) is 14.0. The third-order valence-corrected chi connectivity index (χ3v) is 4.03. The lowest BCUT2D eigenvalue weighted by molar-refractivity contribution is 0.611. The highest BCUT2D eigenvalue weighted by molar-refractivity contribution is 5.82. The Morgan fingerprint density at radius 3 is 1.95 bits per heavy atom. The quantitative estimate of drug-likeness (QED) is 0.864. The number of hydrogen-bond donors (Lipinski definition) is 1. The Kier molecular flexibility index (Phi) is 4.16. The van der Waals surface area contributed by atoms with E-state index in [1.54, 1.807) is 12.1 Å². The molecule has 2 aromatic carbocycles. The molecule has 1 nitrogen and oxygen atoms in total. The SMILES string of the molecule is Cc1ccc(C(=C2CCNCC2)c2ccc(F)cc2)cc1. The van der Waals surface area contributed by atoms with Gasteiger partial charge in [0, 0.05) is 0 Å². The minimum atomic E-state index is -0.183. The summed E-state index contributed by atoms with van der Waals surface area (Å²) < 4.78 is 13.2. The van der Waals surface area contributed by atoms with Gasteiger partial charge in [-0.15, -0.1) is 0 Å². The van der Waals surface area contributed by atoms with Crippen molar-refractivity contribution in [3.05, 3.63) is 76.6 Å². The summed E-state index contributed by atoms with van der Waals surface area (Å²) in [6, 6.07) is 15.5. The van der Waals surface area contributed by atoms with Crippen LogP contribution in [0, 0.1) is 12.7 Å². The van der Waals surface area contributed by atoms with Crippen LogP contribution in [0.5, 0.6) is 0 Å². The van der Waals surface area contributed by atoms with E-state index in [-0.39, 0.29) is 5.82 Å². The Bertz CT molecular complexity index is 583. The van der Waals surface area contributed by atoms with Gasteiger partial charge in [-0.25, -0.2) is 4.39 Å². The zero-order valence-electron chi connectivity index (χ0n) is 12.3. The van der Waals surface area contributed by atoms with E-state index in [4.69, 9.17) is 0 Å². The van der Waals surface area contributed by atoms with Gasteiger partial charge in [-0.2, -0.15) is 0 Å². The Labute approximate surface area is 125 Å². The van der Waals surface area contributed by atoms with Crippen LogP contribution in [-0.2, 0) is 0 Å². The zero-order chi connectivity index (χ0) is 14.7. The molecule has 108 valence electrons. The molecule has 2 aromatic rings. The molecule has 0 aromatic heterocycles. The molecule has 1 fully saturated rings. The van der Waals surface area contributed by atoms with Crippen LogP contribution < -0.4 is 5.32 Å². The summed E-state index contributed by atoms with van der Waals surface area (Å²) in [7, 11) is 0. The molecule has 1 aliphatic heterocycles. The second kappa shape index (κ2) is 6.23. The fraction of sp³-hybridized carbons (Fsp3) is 0.263. The molecule has 0 atom stereocenters. The lowest BCUT2D eigenvalue weighted by Crippen LogP contribution is -2.23. The maximum absolute atomic E-state index is 13.2. The lowest BCUT2D eigenvalue weighted by Gasteiger charge is -2.21. The molecule has 0 unspecified atom stereocenters. The van der Waals surface area contributed by atoms with E-state index in [0.29, 0.717) is 0 Å². The van der Waals surface area contributed by atoms with E-state index in [1.807, 2.05) is 12.1 Å². The first-order valence-corrected chi connectivity index (χ1v) is 7.50. The highest BCUT2D eigenvalue weighted by Gasteiger charge is 2.14. The lowest BCUT2D eigenvalue weighted by atomic mass is 9.88. The summed E-state index contributed by atoms with van der Waals surface area (Å²) >= 11 is 0. The first-order chi connectivity index (χ1) is 10.2. The maximum atomic E-state index is 13.2. The predicted octanol–water partition coefficient (Wildman–Crippen LogP) is 4.32. The average Bonchev–Trinajstić information content (AvgIpc) is 2.52. The van der Waals surface area contributed by atoms with Gasteiger partial charge in [-0.05, 0) is 61.7 Å². The van der Waals surface area contributed by atoms with Crippen molar-refractivity contribution in [1.82, 2.24) is 5.32 Å². The van der Waals surface area contributed by atoms with Crippen LogP contribution in [0.4, 0.5) is 4.39 Å². The van der Waals surface area contributed by atoms with Gasteiger partial charge >= 0.3 is 0 Å². The van der Waals surface area contributed by atoms with Crippen molar-refractivity contribution in [2.45, 2.75) is 19.8 Å². The normalized spacial score (nSPS) is 15.0. The Morgan fingerprint density at radius 1 is 0.857 bits per heavy atom. The second-order valence-corrected chi connectivity index (χ2v) is 5.60. The molecular weight excluding hydrogens is 261 g/mol. The van der Waals surface area contributed by atoms with Crippen LogP contribution in [0.3, 0.4) is 0 Å². The number of piperidine rings is 1. The van der Waals surface area contributed by atoms with Crippen molar-refractivity contribution >= 4 is 5.57 Å². The van der Waals surface area contributed by atoms with E-state index in [9.17, 15) is 4.39 Å². The Hall–Kier alpha value is -1.93. The molecule has 1 heterocycles. The highest BCUT2D eigenvalue weighted by Crippen LogP contribution is 2.31. The number of aryl methyl sites for hydroxylation is 1. The van der Waals surface area contributed by atoms with E-state index >= 15 is 0 Å². The second-order valence-electron chi connectivity index (χ2n) is 5.60. The maximum Gasteiger partial charge on any atom is 0.123 e. The first-order valence-electron chi connectivity index (χ1n) is 7.50. The molecule has 0 saturated carbocycles. The van der Waals surface area contributed by atoms with Crippen LogP contribution >= 0.6 is 0 Å². The Morgan fingerprint density at radius 2 is 1.38 bits per heavy atom. The summed E-state index contributed by atoms with van der Waals surface area (Å²) in [6.07, 6.45) is 2.11. The van der Waals surface area contributed by atoms with Crippen LogP contribution in [-0.4, -0.2) is 13.1 Å². The Balaban J connectivity index is 2.10. The van der Waals surface area contributed by atoms with Crippen LogP contribution in [0.1, 0.15) is 29.5 Å². The van der Waals surface area contributed by atoms with Crippen LogP contribution in [0.2, 0.25) is 0 Å². The molecule has 2 heteroatoms. The van der Waals surface area contributed by atoms with Gasteiger partial charge in [0.05, 0.1) is 0 Å². The third kappa shape index (κ3) is 3.22. The molecule has 0 aliphatic carbocycles. The van der Waals surface area contributed by atoms with Gasteiger partial charge in [-0.1, -0.05) is 47.5 Å². The summed E-state index contributed by atoms with van der Waals surface area (Å²) in [5.41, 5.74) is 6.33. The molecule has 0 bridgehead atoms. The molecule has 1 N–H and O–H groups in total. The molecule has 1 saturated heterocycles. The third-order valence-electron chi connectivity index (χ3n) is 4.03. The minimum Gasteiger partial charge on any atom is -0.316 e.